The average Bonchev–Trinajstić information content (AvgIpc) is 2.29. The SMILES string of the molecule is CCC(C)C(C)Nc1cccc(S(N)(=O)=O)c1C. The van der Waals surface area contributed by atoms with E-state index < -0.39 is 10.0 Å². The van der Waals surface area contributed by atoms with Gasteiger partial charge in [0.25, 0.3) is 0 Å². The first-order valence-electron chi connectivity index (χ1n) is 6.16. The second-order valence-electron chi connectivity index (χ2n) is 4.79. The Morgan fingerprint density at radius 1 is 1.33 bits per heavy atom. The molecule has 0 aliphatic heterocycles. The molecule has 0 saturated carbocycles. The molecule has 0 spiro atoms. The van der Waals surface area contributed by atoms with Gasteiger partial charge in [0.1, 0.15) is 0 Å². The minimum atomic E-state index is -3.66. The van der Waals surface area contributed by atoms with Gasteiger partial charge in [-0.3, -0.25) is 0 Å². The first-order chi connectivity index (χ1) is 8.27. The zero-order valence-corrected chi connectivity index (χ0v) is 12.2. The number of benzene rings is 1. The second kappa shape index (κ2) is 5.71. The van der Waals surface area contributed by atoms with E-state index in [0.29, 0.717) is 11.5 Å². The van der Waals surface area contributed by atoms with E-state index in [4.69, 9.17) is 5.14 Å². The van der Waals surface area contributed by atoms with Crippen molar-refractivity contribution in [3.63, 3.8) is 0 Å². The molecule has 2 unspecified atom stereocenters. The lowest BCUT2D eigenvalue weighted by Crippen LogP contribution is -2.24. The third-order valence-electron chi connectivity index (χ3n) is 3.47. The molecular formula is C13H22N2O2S. The minimum absolute atomic E-state index is 0.184. The van der Waals surface area contributed by atoms with E-state index in [0.717, 1.165) is 12.1 Å². The molecule has 0 saturated heterocycles. The van der Waals surface area contributed by atoms with Crippen molar-refractivity contribution in [2.45, 2.75) is 45.1 Å². The Morgan fingerprint density at radius 3 is 2.44 bits per heavy atom. The van der Waals surface area contributed by atoms with Gasteiger partial charge in [-0.1, -0.05) is 26.3 Å². The van der Waals surface area contributed by atoms with Gasteiger partial charge in [0.2, 0.25) is 10.0 Å². The molecule has 2 atom stereocenters. The van der Waals surface area contributed by atoms with Gasteiger partial charge >= 0.3 is 0 Å². The Morgan fingerprint density at radius 2 is 1.94 bits per heavy atom. The number of rotatable bonds is 5. The third kappa shape index (κ3) is 3.46. The lowest BCUT2D eigenvalue weighted by molar-refractivity contribution is 0.494. The molecule has 0 heterocycles. The van der Waals surface area contributed by atoms with Crippen LogP contribution < -0.4 is 10.5 Å². The summed E-state index contributed by atoms with van der Waals surface area (Å²) in [6.07, 6.45) is 1.07. The number of sulfonamides is 1. The van der Waals surface area contributed by atoms with Crippen molar-refractivity contribution < 1.29 is 8.42 Å². The Hall–Kier alpha value is -1.07. The molecule has 4 nitrogen and oxygen atoms in total. The van der Waals surface area contributed by atoms with Crippen molar-refractivity contribution in [1.82, 2.24) is 0 Å². The molecule has 0 fully saturated rings. The van der Waals surface area contributed by atoms with Gasteiger partial charge in [-0.25, -0.2) is 13.6 Å². The molecule has 5 heteroatoms. The average molecular weight is 270 g/mol. The van der Waals surface area contributed by atoms with Crippen LogP contribution in [0.3, 0.4) is 0 Å². The maximum atomic E-state index is 11.4. The highest BCUT2D eigenvalue weighted by atomic mass is 32.2. The molecule has 0 aromatic heterocycles. The van der Waals surface area contributed by atoms with Gasteiger partial charge in [-0.05, 0) is 37.5 Å². The molecule has 0 bridgehead atoms. The van der Waals surface area contributed by atoms with E-state index in [-0.39, 0.29) is 10.9 Å². The summed E-state index contributed by atoms with van der Waals surface area (Å²) in [7, 11) is -3.66. The number of primary sulfonamides is 1. The maximum Gasteiger partial charge on any atom is 0.238 e. The Balaban J connectivity index is 3.06. The zero-order chi connectivity index (χ0) is 13.9. The van der Waals surface area contributed by atoms with E-state index in [1.165, 1.54) is 6.07 Å². The number of hydrogen-bond donors (Lipinski definition) is 2. The molecule has 102 valence electrons. The maximum absolute atomic E-state index is 11.4. The van der Waals surface area contributed by atoms with Gasteiger partial charge in [-0.2, -0.15) is 0 Å². The molecule has 0 aliphatic rings. The molecule has 1 rings (SSSR count). The largest absolute Gasteiger partial charge is 0.382 e. The van der Waals surface area contributed by atoms with Gasteiger partial charge in [-0.15, -0.1) is 0 Å². The second-order valence-corrected chi connectivity index (χ2v) is 6.32. The van der Waals surface area contributed by atoms with Crippen LogP contribution in [-0.2, 0) is 10.0 Å². The number of hydrogen-bond acceptors (Lipinski definition) is 3. The lowest BCUT2D eigenvalue weighted by atomic mass is 10.0. The summed E-state index contributed by atoms with van der Waals surface area (Å²) >= 11 is 0. The first kappa shape index (κ1) is 15.0. The summed E-state index contributed by atoms with van der Waals surface area (Å²) < 4.78 is 22.9. The smallest absolute Gasteiger partial charge is 0.238 e. The van der Waals surface area contributed by atoms with Crippen molar-refractivity contribution in [3.05, 3.63) is 23.8 Å². The molecular weight excluding hydrogens is 248 g/mol. The Labute approximate surface area is 110 Å². The summed E-state index contributed by atoms with van der Waals surface area (Å²) in [5.41, 5.74) is 1.50. The van der Waals surface area contributed by atoms with E-state index in [1.54, 1.807) is 13.0 Å². The summed E-state index contributed by atoms with van der Waals surface area (Å²) in [5, 5.41) is 8.54. The van der Waals surface area contributed by atoms with Crippen LogP contribution in [0, 0.1) is 12.8 Å². The van der Waals surface area contributed by atoms with Crippen molar-refractivity contribution >= 4 is 15.7 Å². The molecule has 0 aliphatic carbocycles. The molecule has 1 aromatic carbocycles. The van der Waals surface area contributed by atoms with Crippen LogP contribution >= 0.6 is 0 Å². The summed E-state index contributed by atoms with van der Waals surface area (Å²) in [6, 6.07) is 5.40. The summed E-state index contributed by atoms with van der Waals surface area (Å²) in [5.74, 6) is 0.516. The van der Waals surface area contributed by atoms with Crippen molar-refractivity contribution in [1.29, 1.82) is 0 Å². The van der Waals surface area contributed by atoms with Gasteiger partial charge in [0.15, 0.2) is 0 Å². The highest BCUT2D eigenvalue weighted by Gasteiger charge is 2.16. The fourth-order valence-electron chi connectivity index (χ4n) is 1.82. The standard InChI is InChI=1S/C13H22N2O2S/c1-5-9(2)11(4)15-12-7-6-8-13(10(12)3)18(14,16)17/h6-9,11,15H,5H2,1-4H3,(H2,14,16,17). The normalized spacial score (nSPS) is 15.2. The predicted molar refractivity (Wildman–Crippen MR) is 75.1 cm³/mol. The number of nitrogens with one attached hydrogen (secondary N) is 1. The Kier molecular flexibility index (Phi) is 4.76. The van der Waals surface area contributed by atoms with Gasteiger partial charge < -0.3 is 5.32 Å². The molecule has 0 amide bonds. The van der Waals surface area contributed by atoms with Crippen molar-refractivity contribution in [2.75, 3.05) is 5.32 Å². The highest BCUT2D eigenvalue weighted by Crippen LogP contribution is 2.24. The first-order valence-corrected chi connectivity index (χ1v) is 7.71. The van der Waals surface area contributed by atoms with Crippen LogP contribution in [0.4, 0.5) is 5.69 Å². The van der Waals surface area contributed by atoms with Crippen molar-refractivity contribution in [3.8, 4) is 0 Å². The fraction of sp³-hybridized carbons (Fsp3) is 0.538. The van der Waals surface area contributed by atoms with Crippen molar-refractivity contribution in [2.24, 2.45) is 11.1 Å². The quantitative estimate of drug-likeness (QED) is 0.863. The third-order valence-corrected chi connectivity index (χ3v) is 4.53. The predicted octanol–water partition coefficient (Wildman–Crippen LogP) is 2.49. The van der Waals surface area contributed by atoms with Gasteiger partial charge in [0.05, 0.1) is 4.90 Å². The minimum Gasteiger partial charge on any atom is -0.382 e. The molecule has 0 radical (unpaired) electrons. The topological polar surface area (TPSA) is 72.2 Å². The Bertz CT molecular complexity index is 512. The van der Waals surface area contributed by atoms with Crippen LogP contribution in [0.5, 0.6) is 0 Å². The molecule has 3 N–H and O–H groups in total. The van der Waals surface area contributed by atoms with E-state index in [1.807, 2.05) is 6.07 Å². The molecule has 1 aromatic rings. The van der Waals surface area contributed by atoms with E-state index in [2.05, 4.69) is 26.1 Å². The summed E-state index contributed by atoms with van der Waals surface area (Å²) in [6.45, 7) is 8.16. The van der Waals surface area contributed by atoms with Crippen LogP contribution in [0.1, 0.15) is 32.8 Å². The summed E-state index contributed by atoms with van der Waals surface area (Å²) in [4.78, 5) is 0.184. The number of nitrogens with two attached hydrogens (primary N) is 1. The van der Waals surface area contributed by atoms with Gasteiger partial charge in [0, 0.05) is 11.7 Å². The van der Waals surface area contributed by atoms with E-state index in [9.17, 15) is 8.42 Å². The fourth-order valence-corrected chi connectivity index (χ4v) is 2.63. The van der Waals surface area contributed by atoms with Crippen LogP contribution in [0.25, 0.3) is 0 Å². The van der Waals surface area contributed by atoms with E-state index >= 15 is 0 Å². The number of anilines is 1. The zero-order valence-electron chi connectivity index (χ0n) is 11.4. The van der Waals surface area contributed by atoms with Crippen LogP contribution in [0.2, 0.25) is 0 Å². The highest BCUT2D eigenvalue weighted by molar-refractivity contribution is 7.89. The van der Waals surface area contributed by atoms with Crippen LogP contribution in [0.15, 0.2) is 23.1 Å². The van der Waals surface area contributed by atoms with Crippen LogP contribution in [-0.4, -0.2) is 14.5 Å². The lowest BCUT2D eigenvalue weighted by Gasteiger charge is -2.22. The monoisotopic (exact) mass is 270 g/mol. The molecule has 18 heavy (non-hydrogen) atoms.